The molecule has 70 valence electrons. The van der Waals surface area contributed by atoms with Crippen molar-refractivity contribution < 1.29 is 0 Å². The lowest BCUT2D eigenvalue weighted by atomic mass is 10.0. The predicted octanol–water partition coefficient (Wildman–Crippen LogP) is 0.0653. The molecular weight excluding hydrogens is 164 g/mol. The first-order chi connectivity index (χ1) is 6.43. The molecule has 1 aromatic rings. The van der Waals surface area contributed by atoms with Gasteiger partial charge in [0.15, 0.2) is 0 Å². The molecule has 3 rings (SSSR count). The summed E-state index contributed by atoms with van der Waals surface area (Å²) >= 11 is 0. The minimum atomic E-state index is 0.838. The van der Waals surface area contributed by atoms with Crippen LogP contribution in [0.1, 0.15) is 0 Å². The highest BCUT2D eigenvalue weighted by Gasteiger charge is 2.36. The van der Waals surface area contributed by atoms with E-state index in [9.17, 15) is 0 Å². The summed E-state index contributed by atoms with van der Waals surface area (Å²) in [6.45, 7) is 4.68. The third-order valence-corrected chi connectivity index (χ3v) is 3.17. The van der Waals surface area contributed by atoms with E-state index in [0.717, 1.165) is 30.9 Å². The molecule has 0 unspecified atom stereocenters. The average Bonchev–Trinajstić information content (AvgIpc) is 2.78. The van der Waals surface area contributed by atoms with Crippen LogP contribution < -0.4 is 10.2 Å². The molecule has 3 heterocycles. The Morgan fingerprint density at radius 1 is 1.31 bits per heavy atom. The number of hydrogen-bond acceptors (Lipinski definition) is 3. The summed E-state index contributed by atoms with van der Waals surface area (Å²) in [5.41, 5.74) is 0. The molecule has 0 saturated carbocycles. The second kappa shape index (κ2) is 2.73. The highest BCUT2D eigenvalue weighted by molar-refractivity contribution is 5.32. The van der Waals surface area contributed by atoms with Gasteiger partial charge in [0.2, 0.25) is 5.95 Å². The normalized spacial score (nSPS) is 32.5. The van der Waals surface area contributed by atoms with Crippen LogP contribution in [0.3, 0.4) is 0 Å². The highest BCUT2D eigenvalue weighted by Crippen LogP contribution is 2.28. The van der Waals surface area contributed by atoms with Crippen molar-refractivity contribution in [3.8, 4) is 0 Å². The lowest BCUT2D eigenvalue weighted by Gasteiger charge is -2.15. The average molecular weight is 178 g/mol. The summed E-state index contributed by atoms with van der Waals surface area (Å²) in [5, 5.41) is 3.43. The number of H-pyrrole nitrogens is 1. The number of hydrogen-bond donors (Lipinski definition) is 2. The van der Waals surface area contributed by atoms with Crippen LogP contribution in [0.2, 0.25) is 0 Å². The topological polar surface area (TPSA) is 44.0 Å². The van der Waals surface area contributed by atoms with E-state index in [1.807, 2.05) is 12.4 Å². The summed E-state index contributed by atoms with van der Waals surface area (Å²) in [7, 11) is 0. The lowest BCUT2D eigenvalue weighted by Crippen LogP contribution is -2.26. The largest absolute Gasteiger partial charge is 0.342 e. The lowest BCUT2D eigenvalue weighted by molar-refractivity contribution is 0.533. The van der Waals surface area contributed by atoms with Gasteiger partial charge in [-0.2, -0.15) is 0 Å². The van der Waals surface area contributed by atoms with Crippen molar-refractivity contribution in [3.63, 3.8) is 0 Å². The maximum absolute atomic E-state index is 4.28. The second-order valence-electron chi connectivity index (χ2n) is 4.00. The van der Waals surface area contributed by atoms with E-state index in [1.165, 1.54) is 13.1 Å². The summed E-state index contributed by atoms with van der Waals surface area (Å²) in [6.07, 6.45) is 3.71. The fraction of sp³-hybridized carbons (Fsp3) is 0.667. The maximum atomic E-state index is 4.28. The molecule has 2 aliphatic rings. The van der Waals surface area contributed by atoms with Gasteiger partial charge in [-0.1, -0.05) is 0 Å². The van der Waals surface area contributed by atoms with E-state index in [0.29, 0.717) is 0 Å². The Labute approximate surface area is 77.3 Å². The van der Waals surface area contributed by atoms with E-state index >= 15 is 0 Å². The first-order valence-electron chi connectivity index (χ1n) is 4.88. The zero-order chi connectivity index (χ0) is 8.67. The van der Waals surface area contributed by atoms with Crippen LogP contribution in [0.25, 0.3) is 0 Å². The summed E-state index contributed by atoms with van der Waals surface area (Å²) in [5.74, 6) is 2.71. The molecule has 0 bridgehead atoms. The van der Waals surface area contributed by atoms with Crippen LogP contribution in [0, 0.1) is 11.8 Å². The molecule has 2 saturated heterocycles. The van der Waals surface area contributed by atoms with Gasteiger partial charge in [0.05, 0.1) is 0 Å². The summed E-state index contributed by atoms with van der Waals surface area (Å²) in [6, 6.07) is 0. The number of rotatable bonds is 1. The van der Waals surface area contributed by atoms with Gasteiger partial charge in [-0.05, 0) is 11.8 Å². The zero-order valence-corrected chi connectivity index (χ0v) is 7.53. The van der Waals surface area contributed by atoms with Crippen molar-refractivity contribution in [1.82, 2.24) is 15.3 Å². The monoisotopic (exact) mass is 178 g/mol. The number of nitrogens with one attached hydrogen (secondary N) is 2. The van der Waals surface area contributed by atoms with Gasteiger partial charge in [-0.15, -0.1) is 0 Å². The molecule has 0 aliphatic carbocycles. The zero-order valence-electron chi connectivity index (χ0n) is 7.53. The Morgan fingerprint density at radius 3 is 2.69 bits per heavy atom. The second-order valence-corrected chi connectivity index (χ2v) is 4.00. The standard InChI is InChI=1S/C9H14N4/c1-2-12-9(11-1)13-5-7-3-10-4-8(7)6-13/h1-2,7-8,10H,3-6H2,(H,11,12)/t7-,8+. The van der Waals surface area contributed by atoms with Crippen LogP contribution in [-0.2, 0) is 0 Å². The Balaban J connectivity index is 1.76. The Kier molecular flexibility index (Phi) is 1.55. The van der Waals surface area contributed by atoms with Crippen molar-refractivity contribution in [3.05, 3.63) is 12.4 Å². The van der Waals surface area contributed by atoms with Gasteiger partial charge in [-0.3, -0.25) is 0 Å². The maximum Gasteiger partial charge on any atom is 0.202 e. The van der Waals surface area contributed by atoms with Crippen LogP contribution in [0.4, 0.5) is 5.95 Å². The number of imidazole rings is 1. The molecule has 0 aromatic carbocycles. The Hall–Kier alpha value is -1.03. The highest BCUT2D eigenvalue weighted by atomic mass is 15.3. The number of aromatic nitrogens is 2. The molecule has 4 heteroatoms. The van der Waals surface area contributed by atoms with Crippen molar-refractivity contribution in [2.45, 2.75) is 0 Å². The van der Waals surface area contributed by atoms with Crippen LogP contribution in [0.15, 0.2) is 12.4 Å². The number of anilines is 1. The van der Waals surface area contributed by atoms with Crippen molar-refractivity contribution in [2.75, 3.05) is 31.1 Å². The van der Waals surface area contributed by atoms with Crippen LogP contribution >= 0.6 is 0 Å². The molecule has 0 radical (unpaired) electrons. The summed E-state index contributed by atoms with van der Waals surface area (Å²) in [4.78, 5) is 9.80. The molecule has 0 amide bonds. The van der Waals surface area contributed by atoms with Crippen molar-refractivity contribution in [2.24, 2.45) is 11.8 Å². The third kappa shape index (κ3) is 1.13. The minimum absolute atomic E-state index is 0.838. The quantitative estimate of drug-likeness (QED) is 0.639. The Bertz CT molecular complexity index is 270. The van der Waals surface area contributed by atoms with Gasteiger partial charge < -0.3 is 15.2 Å². The fourth-order valence-corrected chi connectivity index (χ4v) is 2.46. The molecule has 2 atom stereocenters. The van der Waals surface area contributed by atoms with E-state index in [-0.39, 0.29) is 0 Å². The van der Waals surface area contributed by atoms with E-state index < -0.39 is 0 Å². The Morgan fingerprint density at radius 2 is 2.08 bits per heavy atom. The molecule has 2 N–H and O–H groups in total. The number of aromatic amines is 1. The predicted molar refractivity (Wildman–Crippen MR) is 50.7 cm³/mol. The molecule has 13 heavy (non-hydrogen) atoms. The fourth-order valence-electron chi connectivity index (χ4n) is 2.46. The van der Waals surface area contributed by atoms with Gasteiger partial charge in [0, 0.05) is 38.6 Å². The summed E-state index contributed by atoms with van der Waals surface area (Å²) < 4.78 is 0. The van der Waals surface area contributed by atoms with Crippen molar-refractivity contribution >= 4 is 5.95 Å². The molecule has 2 aliphatic heterocycles. The van der Waals surface area contributed by atoms with Crippen LogP contribution in [0.5, 0.6) is 0 Å². The van der Waals surface area contributed by atoms with Gasteiger partial charge in [-0.25, -0.2) is 4.98 Å². The van der Waals surface area contributed by atoms with Gasteiger partial charge in [0.1, 0.15) is 0 Å². The van der Waals surface area contributed by atoms with Gasteiger partial charge in [0.25, 0.3) is 0 Å². The van der Waals surface area contributed by atoms with Gasteiger partial charge >= 0.3 is 0 Å². The SMILES string of the molecule is c1c[nH]c(N2C[C@H]3CNC[C@H]3C2)n1. The smallest absolute Gasteiger partial charge is 0.202 e. The van der Waals surface area contributed by atoms with E-state index in [2.05, 4.69) is 20.2 Å². The van der Waals surface area contributed by atoms with E-state index in [1.54, 1.807) is 0 Å². The molecule has 0 spiro atoms. The molecule has 1 aromatic heterocycles. The number of fused-ring (bicyclic) bond motifs is 1. The molecular formula is C9H14N4. The van der Waals surface area contributed by atoms with E-state index in [4.69, 9.17) is 0 Å². The third-order valence-electron chi connectivity index (χ3n) is 3.17. The minimum Gasteiger partial charge on any atom is -0.342 e. The first-order valence-corrected chi connectivity index (χ1v) is 4.88. The first kappa shape index (κ1) is 7.38. The molecule has 2 fully saturated rings. The van der Waals surface area contributed by atoms with Crippen LogP contribution in [-0.4, -0.2) is 36.1 Å². The molecule has 4 nitrogen and oxygen atoms in total. The number of nitrogens with zero attached hydrogens (tertiary/aromatic N) is 2. The van der Waals surface area contributed by atoms with Crippen molar-refractivity contribution in [1.29, 1.82) is 0 Å².